The fraction of sp³-hybridized carbons (Fsp3) is 0.480. The normalized spacial score (nSPS) is 19.1. The zero-order valence-corrected chi connectivity index (χ0v) is 21.5. The van der Waals surface area contributed by atoms with E-state index >= 15 is 0 Å². The summed E-state index contributed by atoms with van der Waals surface area (Å²) in [7, 11) is 0. The molecule has 1 saturated heterocycles. The van der Waals surface area contributed by atoms with E-state index in [1.165, 1.54) is 11.3 Å². The average Bonchev–Trinajstić information content (AvgIpc) is 3.52. The average molecular weight is 499 g/mol. The maximum atomic E-state index is 13.5. The molecule has 3 atom stereocenters. The summed E-state index contributed by atoms with van der Waals surface area (Å²) in [6.45, 7) is 7.98. The molecule has 1 aliphatic rings. The van der Waals surface area contributed by atoms with Gasteiger partial charge < -0.3 is 10.0 Å². The molecule has 1 aliphatic heterocycles. The first kappa shape index (κ1) is 24.6. The Balaban J connectivity index is 1.43. The smallest absolute Gasteiger partial charge is 0.233 e. The van der Waals surface area contributed by atoms with Gasteiger partial charge in [-0.25, -0.2) is 4.98 Å². The summed E-state index contributed by atoms with van der Waals surface area (Å²) in [5.41, 5.74) is 5.05. The molecule has 3 heterocycles. The number of nitrogens with zero attached hydrogens (tertiary/aromatic N) is 4. The number of hydrogen-bond acceptors (Lipinski definition) is 8. The number of Topliss-reactive ketones (excluding diaryl/α,β-unsaturated/α-hetero) is 1. The van der Waals surface area contributed by atoms with E-state index in [1.54, 1.807) is 16.2 Å². The Morgan fingerprint density at radius 1 is 1.18 bits per heavy atom. The number of thiazole rings is 1. The molecule has 0 aliphatic carbocycles. The first-order valence-electron chi connectivity index (χ1n) is 11.5. The summed E-state index contributed by atoms with van der Waals surface area (Å²) in [6.07, 6.45) is 0.515. The zero-order valence-electron chi connectivity index (χ0n) is 19.9. The highest BCUT2D eigenvalue weighted by atomic mass is 32.1. The van der Waals surface area contributed by atoms with Gasteiger partial charge in [0.15, 0.2) is 5.78 Å². The molecule has 0 saturated carbocycles. The Hall–Kier alpha value is -2.49. The molecule has 180 valence electrons. The van der Waals surface area contributed by atoms with E-state index in [0.717, 1.165) is 26.7 Å². The Morgan fingerprint density at radius 3 is 2.50 bits per heavy atom. The Morgan fingerprint density at radius 2 is 1.91 bits per heavy atom. The van der Waals surface area contributed by atoms with Crippen molar-refractivity contribution in [3.05, 3.63) is 51.0 Å². The van der Waals surface area contributed by atoms with E-state index in [9.17, 15) is 14.7 Å². The van der Waals surface area contributed by atoms with Crippen LogP contribution < -0.4 is 0 Å². The molecule has 0 radical (unpaired) electrons. The topological polar surface area (TPSA) is 96.3 Å². The van der Waals surface area contributed by atoms with Gasteiger partial charge in [-0.3, -0.25) is 9.59 Å². The molecule has 1 fully saturated rings. The predicted molar refractivity (Wildman–Crippen MR) is 134 cm³/mol. The van der Waals surface area contributed by atoms with Gasteiger partial charge >= 0.3 is 0 Å². The molecular weight excluding hydrogens is 468 g/mol. The van der Waals surface area contributed by atoms with Crippen LogP contribution in [0.3, 0.4) is 0 Å². The van der Waals surface area contributed by atoms with Crippen LogP contribution in [0.2, 0.25) is 0 Å². The molecule has 7 nitrogen and oxygen atoms in total. The van der Waals surface area contributed by atoms with Crippen molar-refractivity contribution in [2.24, 2.45) is 5.92 Å². The monoisotopic (exact) mass is 498 g/mol. The third kappa shape index (κ3) is 5.26. The van der Waals surface area contributed by atoms with Gasteiger partial charge in [0, 0.05) is 19.4 Å². The first-order valence-corrected chi connectivity index (χ1v) is 13.2. The molecule has 1 amide bonds. The number of ketones is 1. The summed E-state index contributed by atoms with van der Waals surface area (Å²) >= 11 is 3.03. The lowest BCUT2D eigenvalue weighted by atomic mass is 9.94. The summed E-state index contributed by atoms with van der Waals surface area (Å²) in [5.74, 6) is -0.614. The molecule has 9 heteroatoms. The molecular formula is C25H30N4O3S2. The van der Waals surface area contributed by atoms with Gasteiger partial charge in [0.25, 0.3) is 0 Å². The number of amides is 1. The third-order valence-electron chi connectivity index (χ3n) is 6.30. The van der Waals surface area contributed by atoms with Crippen molar-refractivity contribution in [3.63, 3.8) is 0 Å². The van der Waals surface area contributed by atoms with Gasteiger partial charge in [0.05, 0.1) is 34.1 Å². The number of aryl methyl sites for hydroxylation is 3. The number of carbonyl (C=O) groups is 2. The highest BCUT2D eigenvalue weighted by molar-refractivity contribution is 7.13. The maximum absolute atomic E-state index is 13.5. The van der Waals surface area contributed by atoms with Gasteiger partial charge in [-0.05, 0) is 37.3 Å². The highest BCUT2D eigenvalue weighted by Gasteiger charge is 2.42. The maximum Gasteiger partial charge on any atom is 0.233 e. The van der Waals surface area contributed by atoms with E-state index in [-0.39, 0.29) is 30.6 Å². The molecule has 3 aromatic rings. The number of aliphatic hydroxyl groups excluding tert-OH is 1. The van der Waals surface area contributed by atoms with Gasteiger partial charge in [0.1, 0.15) is 10.0 Å². The number of β-amino-alcohol motifs (C(OH)–C–C–N with tert-alkyl or cyclic N) is 1. The Kier molecular flexibility index (Phi) is 7.54. The summed E-state index contributed by atoms with van der Waals surface area (Å²) in [5, 5.41) is 20.1. The minimum absolute atomic E-state index is 0.00837. The van der Waals surface area contributed by atoms with Crippen molar-refractivity contribution < 1.29 is 14.7 Å². The number of aliphatic hydroxyl groups is 1. The highest BCUT2D eigenvalue weighted by Crippen LogP contribution is 2.33. The van der Waals surface area contributed by atoms with Crippen LogP contribution >= 0.6 is 22.7 Å². The molecule has 1 aromatic carbocycles. The lowest BCUT2D eigenvalue weighted by molar-refractivity contribution is -0.139. The first-order chi connectivity index (χ1) is 16.2. The van der Waals surface area contributed by atoms with Crippen molar-refractivity contribution in [2.75, 3.05) is 6.54 Å². The van der Waals surface area contributed by atoms with E-state index < -0.39 is 18.1 Å². The lowest BCUT2D eigenvalue weighted by Crippen LogP contribution is -2.44. The molecule has 4 rings (SSSR count). The predicted octanol–water partition coefficient (Wildman–Crippen LogP) is 4.18. The van der Waals surface area contributed by atoms with Crippen molar-refractivity contribution in [3.8, 4) is 10.4 Å². The van der Waals surface area contributed by atoms with Gasteiger partial charge in [-0.15, -0.1) is 32.9 Å². The van der Waals surface area contributed by atoms with Gasteiger partial charge in [0.2, 0.25) is 5.91 Å². The number of likely N-dealkylation sites (tertiary alicyclic amines) is 1. The van der Waals surface area contributed by atoms with Crippen LogP contribution in [-0.2, 0) is 16.0 Å². The fourth-order valence-electron chi connectivity index (χ4n) is 4.49. The minimum atomic E-state index is -0.691. The van der Waals surface area contributed by atoms with Crippen molar-refractivity contribution in [1.82, 2.24) is 20.1 Å². The van der Waals surface area contributed by atoms with Crippen molar-refractivity contribution in [1.29, 1.82) is 0 Å². The molecule has 0 spiro atoms. The Labute approximate surface area is 207 Å². The summed E-state index contributed by atoms with van der Waals surface area (Å²) in [4.78, 5) is 33.7. The van der Waals surface area contributed by atoms with Crippen LogP contribution in [-0.4, -0.2) is 55.6 Å². The second-order valence-electron chi connectivity index (χ2n) is 9.21. The van der Waals surface area contributed by atoms with Gasteiger partial charge in [-0.1, -0.05) is 38.1 Å². The van der Waals surface area contributed by atoms with Crippen LogP contribution in [0.25, 0.3) is 10.4 Å². The number of carbonyl (C=O) groups excluding carboxylic acids is 2. The fourth-order valence-corrected chi connectivity index (χ4v) is 6.27. The molecule has 1 N–H and O–H groups in total. The summed E-state index contributed by atoms with van der Waals surface area (Å²) in [6, 6.07) is 7.61. The second kappa shape index (κ2) is 10.4. The largest absolute Gasteiger partial charge is 0.391 e. The SMILES string of the molecule is Cc1nnc([C@H](C(=O)N2C[C@H](O)C[C@H]2C(=O)CCc2ccc(-c3scnc3C)cc2)C(C)C)s1. The van der Waals surface area contributed by atoms with Crippen LogP contribution in [0, 0.1) is 19.8 Å². The van der Waals surface area contributed by atoms with E-state index in [2.05, 4.69) is 27.3 Å². The summed E-state index contributed by atoms with van der Waals surface area (Å²) < 4.78 is 0. The van der Waals surface area contributed by atoms with Crippen LogP contribution in [0.15, 0.2) is 29.8 Å². The minimum Gasteiger partial charge on any atom is -0.391 e. The van der Waals surface area contributed by atoms with Crippen molar-refractivity contribution in [2.45, 2.75) is 65.0 Å². The molecule has 2 aromatic heterocycles. The van der Waals surface area contributed by atoms with E-state index in [4.69, 9.17) is 0 Å². The number of benzene rings is 1. The van der Waals surface area contributed by atoms with Crippen LogP contribution in [0.4, 0.5) is 0 Å². The quantitative estimate of drug-likeness (QED) is 0.500. The zero-order chi connectivity index (χ0) is 24.4. The van der Waals surface area contributed by atoms with E-state index in [0.29, 0.717) is 17.8 Å². The van der Waals surface area contributed by atoms with Crippen molar-refractivity contribution >= 4 is 34.4 Å². The number of hydrogen-bond donors (Lipinski definition) is 1. The van der Waals surface area contributed by atoms with Crippen LogP contribution in [0.5, 0.6) is 0 Å². The molecule has 0 bridgehead atoms. The van der Waals surface area contributed by atoms with Crippen LogP contribution in [0.1, 0.15) is 53.9 Å². The second-order valence-corrected chi connectivity index (χ2v) is 11.3. The van der Waals surface area contributed by atoms with E-state index in [1.807, 2.05) is 45.3 Å². The number of rotatable bonds is 8. The number of aromatic nitrogens is 3. The molecule has 34 heavy (non-hydrogen) atoms. The Bertz CT molecular complexity index is 1160. The van der Waals surface area contributed by atoms with Gasteiger partial charge in [-0.2, -0.15) is 0 Å². The lowest BCUT2D eigenvalue weighted by Gasteiger charge is -2.28. The third-order valence-corrected chi connectivity index (χ3v) is 8.20. The standard InChI is InChI=1S/C25H30N4O3S2/c1-14(2)22(24-28-27-16(4)34-24)25(32)29-12-19(30)11-20(29)21(31)10-7-17-5-8-18(9-6-17)23-15(3)26-13-33-23/h5-6,8-9,13-14,19-20,22,30H,7,10-12H2,1-4H3/t19-,20+,22-/m1/s1. The molecule has 0 unspecified atom stereocenters.